The first-order chi connectivity index (χ1) is 12.9. The van der Waals surface area contributed by atoms with Crippen molar-refractivity contribution in [3.8, 4) is 5.75 Å². The number of rotatable bonds is 6. The Morgan fingerprint density at radius 3 is 2.56 bits per heavy atom. The number of carbonyl (C=O) groups is 2. The van der Waals surface area contributed by atoms with Gasteiger partial charge < -0.3 is 15.0 Å². The maximum atomic E-state index is 12.4. The molecule has 1 N–H and O–H groups in total. The summed E-state index contributed by atoms with van der Waals surface area (Å²) in [5, 5.41) is 2.97. The van der Waals surface area contributed by atoms with Gasteiger partial charge in [0.05, 0.1) is 6.10 Å². The van der Waals surface area contributed by atoms with E-state index < -0.39 is 0 Å². The number of hydrogen-bond acceptors (Lipinski definition) is 3. The lowest BCUT2D eigenvalue weighted by atomic mass is 10.1. The van der Waals surface area contributed by atoms with Crippen LogP contribution < -0.4 is 15.0 Å². The van der Waals surface area contributed by atoms with Crippen molar-refractivity contribution >= 4 is 17.5 Å². The quantitative estimate of drug-likeness (QED) is 0.853. The third-order valence-corrected chi connectivity index (χ3v) is 4.61. The molecule has 5 nitrogen and oxygen atoms in total. The maximum Gasteiger partial charge on any atom is 0.251 e. The zero-order valence-electron chi connectivity index (χ0n) is 16.1. The molecule has 0 radical (unpaired) electrons. The number of amides is 2. The first-order valence-electron chi connectivity index (χ1n) is 9.39. The summed E-state index contributed by atoms with van der Waals surface area (Å²) in [5.41, 5.74) is 3.76. The molecule has 142 valence electrons. The van der Waals surface area contributed by atoms with Crippen LogP contribution in [0.15, 0.2) is 42.5 Å². The van der Waals surface area contributed by atoms with Gasteiger partial charge in [0.2, 0.25) is 5.91 Å². The summed E-state index contributed by atoms with van der Waals surface area (Å²) in [7, 11) is 0. The lowest BCUT2D eigenvalue weighted by molar-refractivity contribution is -0.116. The molecule has 1 heterocycles. The van der Waals surface area contributed by atoms with Crippen molar-refractivity contribution in [2.45, 2.75) is 39.7 Å². The molecule has 27 heavy (non-hydrogen) atoms. The lowest BCUT2D eigenvalue weighted by Gasteiger charge is -2.14. The fraction of sp³-hybridized carbons (Fsp3) is 0.364. The van der Waals surface area contributed by atoms with Crippen LogP contribution in [0.5, 0.6) is 5.75 Å². The van der Waals surface area contributed by atoms with E-state index in [-0.39, 0.29) is 17.9 Å². The Hall–Kier alpha value is -2.82. The van der Waals surface area contributed by atoms with Gasteiger partial charge in [0.15, 0.2) is 0 Å². The van der Waals surface area contributed by atoms with Crippen LogP contribution in [0.1, 0.15) is 42.3 Å². The number of benzene rings is 2. The van der Waals surface area contributed by atoms with Crippen LogP contribution >= 0.6 is 0 Å². The topological polar surface area (TPSA) is 58.6 Å². The van der Waals surface area contributed by atoms with Crippen LogP contribution in [-0.2, 0) is 17.6 Å². The Morgan fingerprint density at radius 2 is 1.89 bits per heavy atom. The Labute approximate surface area is 160 Å². The molecule has 2 aromatic rings. The van der Waals surface area contributed by atoms with E-state index in [1.807, 2.05) is 50.2 Å². The van der Waals surface area contributed by atoms with E-state index in [2.05, 4.69) is 5.32 Å². The minimum Gasteiger partial charge on any atom is -0.491 e. The van der Waals surface area contributed by atoms with Crippen molar-refractivity contribution < 1.29 is 14.3 Å². The number of anilines is 1. The summed E-state index contributed by atoms with van der Waals surface area (Å²) in [6, 6.07) is 13.5. The van der Waals surface area contributed by atoms with Crippen molar-refractivity contribution in [1.29, 1.82) is 0 Å². The number of fused-ring (bicyclic) bond motifs is 1. The summed E-state index contributed by atoms with van der Waals surface area (Å²) in [6.07, 6.45) is 1.71. The lowest BCUT2D eigenvalue weighted by Crippen LogP contribution is -2.26. The van der Waals surface area contributed by atoms with Crippen LogP contribution in [0, 0.1) is 0 Å². The molecule has 0 bridgehead atoms. The second-order valence-electron chi connectivity index (χ2n) is 7.08. The predicted octanol–water partition coefficient (Wildman–Crippen LogP) is 3.36. The van der Waals surface area contributed by atoms with Gasteiger partial charge in [-0.2, -0.15) is 0 Å². The second-order valence-corrected chi connectivity index (χ2v) is 7.08. The third-order valence-electron chi connectivity index (χ3n) is 4.61. The highest BCUT2D eigenvalue weighted by Gasteiger charge is 2.23. The minimum atomic E-state index is -0.0844. The molecule has 0 spiro atoms. The summed E-state index contributed by atoms with van der Waals surface area (Å²) in [5.74, 6) is 0.810. The molecule has 2 amide bonds. The number of carbonyl (C=O) groups excluding carboxylic acids is 2. The molecule has 1 aliphatic rings. The molecule has 0 atom stereocenters. The van der Waals surface area contributed by atoms with Crippen LogP contribution in [0.2, 0.25) is 0 Å². The van der Waals surface area contributed by atoms with Crippen molar-refractivity contribution in [3.05, 3.63) is 59.2 Å². The Bertz CT molecular complexity index is 828. The fourth-order valence-electron chi connectivity index (χ4n) is 3.30. The highest BCUT2D eigenvalue weighted by molar-refractivity contribution is 5.97. The van der Waals surface area contributed by atoms with Gasteiger partial charge >= 0.3 is 0 Å². The summed E-state index contributed by atoms with van der Waals surface area (Å²) in [6.45, 7) is 6.82. The average Bonchev–Trinajstić information content (AvgIpc) is 3.06. The maximum absolute atomic E-state index is 12.4. The van der Waals surface area contributed by atoms with E-state index in [9.17, 15) is 9.59 Å². The van der Waals surface area contributed by atoms with Crippen LogP contribution in [-0.4, -0.2) is 31.0 Å². The molecular formula is C22H26N2O3. The van der Waals surface area contributed by atoms with Crippen LogP contribution in [0.4, 0.5) is 5.69 Å². The zero-order valence-corrected chi connectivity index (χ0v) is 16.1. The molecular weight excluding hydrogens is 340 g/mol. The van der Waals surface area contributed by atoms with Gasteiger partial charge in [0.25, 0.3) is 5.91 Å². The van der Waals surface area contributed by atoms with E-state index >= 15 is 0 Å². The van der Waals surface area contributed by atoms with Crippen LogP contribution in [0.25, 0.3) is 0 Å². The van der Waals surface area contributed by atoms with E-state index in [4.69, 9.17) is 4.74 Å². The van der Waals surface area contributed by atoms with E-state index in [1.165, 1.54) is 0 Å². The molecule has 0 aliphatic carbocycles. The van der Waals surface area contributed by atoms with Gasteiger partial charge in [-0.3, -0.25) is 9.59 Å². The van der Waals surface area contributed by atoms with Gasteiger partial charge in [0.1, 0.15) is 5.75 Å². The van der Waals surface area contributed by atoms with E-state index in [0.717, 1.165) is 35.4 Å². The summed E-state index contributed by atoms with van der Waals surface area (Å²) < 4.78 is 5.63. The molecule has 0 saturated carbocycles. The molecule has 0 unspecified atom stereocenters. The molecule has 1 aliphatic heterocycles. The van der Waals surface area contributed by atoms with Crippen molar-refractivity contribution in [2.75, 3.05) is 18.0 Å². The van der Waals surface area contributed by atoms with Gasteiger partial charge in [-0.05, 0) is 68.1 Å². The first-order valence-corrected chi connectivity index (χ1v) is 9.39. The fourth-order valence-corrected chi connectivity index (χ4v) is 3.30. The third kappa shape index (κ3) is 4.67. The van der Waals surface area contributed by atoms with Crippen molar-refractivity contribution in [2.24, 2.45) is 0 Å². The molecule has 0 saturated heterocycles. The Morgan fingerprint density at radius 1 is 1.15 bits per heavy atom. The molecule has 5 heteroatoms. The first kappa shape index (κ1) is 19.0. The SMILES string of the molecule is CC(=O)N1CCc2cc(C(=O)NCCc3ccc(OC(C)C)cc3)ccc21. The standard InChI is InChI=1S/C22H26N2O3/c1-15(2)27-20-7-4-17(5-8-20)10-12-23-22(26)19-6-9-21-18(14-19)11-13-24(21)16(3)25/h4-9,14-15H,10-13H2,1-3H3,(H,23,26). The zero-order chi connectivity index (χ0) is 19.4. The second kappa shape index (κ2) is 8.25. The largest absolute Gasteiger partial charge is 0.491 e. The Balaban J connectivity index is 1.53. The van der Waals surface area contributed by atoms with Gasteiger partial charge in [0, 0.05) is 31.3 Å². The smallest absolute Gasteiger partial charge is 0.251 e. The van der Waals surface area contributed by atoms with Gasteiger partial charge in [-0.15, -0.1) is 0 Å². The minimum absolute atomic E-state index is 0.0377. The average molecular weight is 366 g/mol. The number of nitrogens with zero attached hydrogens (tertiary/aromatic N) is 1. The van der Waals surface area contributed by atoms with E-state index in [1.54, 1.807) is 17.9 Å². The Kier molecular flexibility index (Phi) is 5.79. The molecule has 0 aromatic heterocycles. The van der Waals surface area contributed by atoms with Crippen molar-refractivity contribution in [3.63, 3.8) is 0 Å². The van der Waals surface area contributed by atoms with Crippen LogP contribution in [0.3, 0.4) is 0 Å². The van der Waals surface area contributed by atoms with Crippen molar-refractivity contribution in [1.82, 2.24) is 5.32 Å². The van der Waals surface area contributed by atoms with Gasteiger partial charge in [-0.1, -0.05) is 12.1 Å². The summed E-state index contributed by atoms with van der Waals surface area (Å²) in [4.78, 5) is 25.8. The number of ether oxygens (including phenoxy) is 1. The normalized spacial score (nSPS) is 12.8. The molecule has 3 rings (SSSR count). The predicted molar refractivity (Wildman–Crippen MR) is 106 cm³/mol. The molecule has 0 fully saturated rings. The highest BCUT2D eigenvalue weighted by atomic mass is 16.5. The monoisotopic (exact) mass is 366 g/mol. The number of nitrogens with one attached hydrogen (secondary N) is 1. The molecule has 2 aromatic carbocycles. The summed E-state index contributed by atoms with van der Waals surface area (Å²) >= 11 is 0. The highest BCUT2D eigenvalue weighted by Crippen LogP contribution is 2.28. The number of hydrogen-bond donors (Lipinski definition) is 1. The van der Waals surface area contributed by atoms with E-state index in [0.29, 0.717) is 18.7 Å². The van der Waals surface area contributed by atoms with Gasteiger partial charge in [-0.25, -0.2) is 0 Å².